The summed E-state index contributed by atoms with van der Waals surface area (Å²) in [5.41, 5.74) is 0. The number of carbonyl (C=O) groups excluding carboxylic acids is 1. The van der Waals surface area contributed by atoms with E-state index in [2.05, 4.69) is 104 Å². The van der Waals surface area contributed by atoms with Gasteiger partial charge in [0.05, 0.1) is 18.8 Å². The fourth-order valence-electron chi connectivity index (χ4n) is 9.48. The number of carbonyl (C=O) groups is 1. The summed E-state index contributed by atoms with van der Waals surface area (Å²) in [6, 6.07) is -0.650. The molecule has 0 saturated carbocycles. The fourth-order valence-corrected chi connectivity index (χ4v) is 9.48. The minimum atomic E-state index is -0.875. The molecule has 0 radical (unpaired) electrons. The fraction of sp³-hybridized carbons (Fsp3) is 0.754. The van der Waals surface area contributed by atoms with Gasteiger partial charge in [-0.2, -0.15) is 0 Å². The minimum absolute atomic E-state index is 0.0760. The maximum absolute atomic E-state index is 12.5. The molecular formula is C69H123NO3. The van der Waals surface area contributed by atoms with Gasteiger partial charge in [-0.05, 0) is 89.9 Å². The minimum Gasteiger partial charge on any atom is -0.394 e. The van der Waals surface area contributed by atoms with Crippen molar-refractivity contribution in [1.29, 1.82) is 0 Å². The van der Waals surface area contributed by atoms with Gasteiger partial charge in [0.2, 0.25) is 5.91 Å². The summed E-state index contributed by atoms with van der Waals surface area (Å²) in [5, 5.41) is 23.2. The lowest BCUT2D eigenvalue weighted by atomic mass is 10.0. The van der Waals surface area contributed by atoms with Crippen molar-refractivity contribution in [3.8, 4) is 0 Å². The van der Waals surface area contributed by atoms with Crippen molar-refractivity contribution in [2.24, 2.45) is 0 Å². The van der Waals surface area contributed by atoms with Gasteiger partial charge in [-0.1, -0.05) is 317 Å². The second kappa shape index (κ2) is 63.6. The Bertz CT molecular complexity index is 1330. The largest absolute Gasteiger partial charge is 0.394 e. The van der Waals surface area contributed by atoms with Gasteiger partial charge in [0, 0.05) is 6.42 Å². The Morgan fingerprint density at radius 2 is 0.616 bits per heavy atom. The van der Waals surface area contributed by atoms with E-state index in [1.165, 1.54) is 225 Å². The van der Waals surface area contributed by atoms with Gasteiger partial charge in [0.1, 0.15) is 0 Å². The number of hydrogen-bond acceptors (Lipinski definition) is 3. The average Bonchev–Trinajstić information content (AvgIpc) is 3.40. The molecule has 0 aromatic heterocycles. The molecule has 73 heavy (non-hydrogen) atoms. The van der Waals surface area contributed by atoms with E-state index in [-0.39, 0.29) is 12.5 Å². The zero-order chi connectivity index (χ0) is 52.7. The number of allylic oxidation sites excluding steroid dienone is 15. The molecule has 0 aliphatic heterocycles. The van der Waals surface area contributed by atoms with Gasteiger partial charge in [0.15, 0.2) is 0 Å². The summed E-state index contributed by atoms with van der Waals surface area (Å²) in [7, 11) is 0. The zero-order valence-corrected chi connectivity index (χ0v) is 48.6. The van der Waals surface area contributed by atoms with Gasteiger partial charge in [-0.15, -0.1) is 0 Å². The van der Waals surface area contributed by atoms with E-state index >= 15 is 0 Å². The third-order valence-corrected chi connectivity index (χ3v) is 14.3. The second-order valence-electron chi connectivity index (χ2n) is 21.4. The normalized spacial score (nSPS) is 13.4. The van der Waals surface area contributed by atoms with Crippen molar-refractivity contribution in [1.82, 2.24) is 5.32 Å². The van der Waals surface area contributed by atoms with Gasteiger partial charge in [-0.25, -0.2) is 0 Å². The molecule has 4 nitrogen and oxygen atoms in total. The van der Waals surface area contributed by atoms with Crippen molar-refractivity contribution >= 4 is 5.91 Å². The summed E-state index contributed by atoms with van der Waals surface area (Å²) >= 11 is 0. The number of nitrogens with one attached hydrogen (secondary N) is 1. The van der Waals surface area contributed by atoms with Crippen LogP contribution in [0.5, 0.6) is 0 Å². The molecule has 0 heterocycles. The number of aliphatic hydroxyl groups is 2. The smallest absolute Gasteiger partial charge is 0.220 e. The summed E-state index contributed by atoms with van der Waals surface area (Å²) in [6.07, 6.45) is 94.6. The van der Waals surface area contributed by atoms with Crippen LogP contribution in [0.4, 0.5) is 0 Å². The van der Waals surface area contributed by atoms with Crippen LogP contribution in [0.1, 0.15) is 316 Å². The number of rotatable bonds is 58. The molecule has 0 aromatic carbocycles. The number of unbranched alkanes of at least 4 members (excludes halogenated alkanes) is 37. The van der Waals surface area contributed by atoms with E-state index in [0.29, 0.717) is 6.42 Å². The van der Waals surface area contributed by atoms with Crippen LogP contribution in [0.15, 0.2) is 97.2 Å². The molecule has 2 atom stereocenters. The molecule has 0 aliphatic rings. The van der Waals surface area contributed by atoms with Crippen molar-refractivity contribution < 1.29 is 15.0 Å². The van der Waals surface area contributed by atoms with Crippen LogP contribution >= 0.6 is 0 Å². The molecule has 0 fully saturated rings. The van der Waals surface area contributed by atoms with Gasteiger partial charge in [0.25, 0.3) is 0 Å². The van der Waals surface area contributed by atoms with Crippen molar-refractivity contribution in [2.45, 2.75) is 328 Å². The first kappa shape index (κ1) is 70.3. The molecule has 1 amide bonds. The van der Waals surface area contributed by atoms with Crippen molar-refractivity contribution in [3.05, 3.63) is 97.2 Å². The van der Waals surface area contributed by atoms with Gasteiger partial charge < -0.3 is 15.5 Å². The van der Waals surface area contributed by atoms with Crippen LogP contribution in [-0.2, 0) is 4.79 Å². The first-order chi connectivity index (χ1) is 36.2. The summed E-state index contributed by atoms with van der Waals surface area (Å²) in [6.45, 7) is 4.20. The summed E-state index contributed by atoms with van der Waals surface area (Å²) < 4.78 is 0. The second-order valence-corrected chi connectivity index (χ2v) is 21.4. The highest BCUT2D eigenvalue weighted by Gasteiger charge is 2.18. The first-order valence-electron chi connectivity index (χ1n) is 32.0. The predicted octanol–water partition coefficient (Wildman–Crippen LogP) is 21.6. The number of amides is 1. The van der Waals surface area contributed by atoms with E-state index in [1.807, 2.05) is 6.08 Å². The van der Waals surface area contributed by atoms with Gasteiger partial charge in [-0.3, -0.25) is 4.79 Å². The standard InChI is InChI=1S/C69H123NO3/c1-3-5-7-9-11-13-15-17-19-21-23-25-27-29-31-32-33-34-35-36-37-38-39-41-43-45-47-49-51-53-55-57-59-61-63-65-69(73)70-67(66-71)68(72)64-62-60-58-56-54-52-50-48-46-44-42-40-30-28-26-24-22-20-18-16-14-12-10-8-6-4-2/h5,7,11,13,17,19,23,25,29,31,46,48,54,56,62,64,67-68,71-72H,3-4,6,8-10,12,14-16,18,20-22,24,26-28,30,32-45,47,49-53,55,57-61,63,65-66H2,1-2H3,(H,70,73)/b7-5-,13-11-,19-17-,25-23-,31-29-,48-46+,56-54+,64-62+. The van der Waals surface area contributed by atoms with Crippen LogP contribution in [0.25, 0.3) is 0 Å². The van der Waals surface area contributed by atoms with E-state index in [1.54, 1.807) is 6.08 Å². The monoisotopic (exact) mass is 1010 g/mol. The third-order valence-electron chi connectivity index (χ3n) is 14.3. The molecule has 0 saturated heterocycles. The lowest BCUT2D eigenvalue weighted by Gasteiger charge is -2.19. The predicted molar refractivity (Wildman–Crippen MR) is 326 cm³/mol. The molecule has 4 heteroatoms. The Kier molecular flexibility index (Phi) is 61.3. The van der Waals surface area contributed by atoms with E-state index in [4.69, 9.17) is 0 Å². The highest BCUT2D eigenvalue weighted by molar-refractivity contribution is 5.76. The Hall–Kier alpha value is -2.69. The summed E-state index contributed by atoms with van der Waals surface area (Å²) in [5.74, 6) is -0.0760. The molecule has 0 spiro atoms. The molecule has 422 valence electrons. The topological polar surface area (TPSA) is 69.6 Å². The van der Waals surface area contributed by atoms with E-state index < -0.39 is 12.1 Å². The Labute approximate surface area is 455 Å². The highest BCUT2D eigenvalue weighted by Crippen LogP contribution is 2.17. The van der Waals surface area contributed by atoms with Crippen LogP contribution in [0, 0.1) is 0 Å². The first-order valence-corrected chi connectivity index (χ1v) is 32.0. The Balaban J connectivity index is 3.52. The quantitative estimate of drug-likeness (QED) is 0.0420. The third kappa shape index (κ3) is 60.1. The van der Waals surface area contributed by atoms with Crippen LogP contribution < -0.4 is 5.32 Å². The molecule has 0 bridgehead atoms. The van der Waals surface area contributed by atoms with E-state index in [9.17, 15) is 15.0 Å². The van der Waals surface area contributed by atoms with Crippen LogP contribution in [0.2, 0.25) is 0 Å². The molecule has 2 unspecified atom stereocenters. The summed E-state index contributed by atoms with van der Waals surface area (Å²) in [4.78, 5) is 12.5. The highest BCUT2D eigenvalue weighted by atomic mass is 16.3. The Morgan fingerprint density at radius 1 is 0.342 bits per heavy atom. The lowest BCUT2D eigenvalue weighted by molar-refractivity contribution is -0.123. The maximum atomic E-state index is 12.5. The average molecular weight is 1010 g/mol. The van der Waals surface area contributed by atoms with Crippen LogP contribution in [0.3, 0.4) is 0 Å². The zero-order valence-electron chi connectivity index (χ0n) is 48.6. The molecule has 0 rings (SSSR count). The van der Waals surface area contributed by atoms with Crippen molar-refractivity contribution in [3.63, 3.8) is 0 Å². The maximum Gasteiger partial charge on any atom is 0.220 e. The lowest BCUT2D eigenvalue weighted by Crippen LogP contribution is -2.45. The van der Waals surface area contributed by atoms with Crippen LogP contribution in [-0.4, -0.2) is 34.9 Å². The number of aliphatic hydroxyl groups excluding tert-OH is 2. The van der Waals surface area contributed by atoms with Gasteiger partial charge >= 0.3 is 0 Å². The Morgan fingerprint density at radius 3 is 0.959 bits per heavy atom. The number of hydrogen-bond donors (Lipinski definition) is 3. The molecule has 3 N–H and O–H groups in total. The van der Waals surface area contributed by atoms with Crippen molar-refractivity contribution in [2.75, 3.05) is 6.61 Å². The molecule has 0 aliphatic carbocycles. The SMILES string of the molecule is CC/C=C\C/C=C\C/C=C\C/C=C\C/C=C\CCCCCCCCCCCCCCCCCCCCCC(=O)NC(CO)C(O)/C=C/CC/C=C/CC/C=C/CCCCCCCCCCCCCCCCCC. The van der Waals surface area contributed by atoms with E-state index in [0.717, 1.165) is 70.6 Å². The molecular weight excluding hydrogens is 891 g/mol. The molecule has 0 aromatic rings.